The third kappa shape index (κ3) is 1.41. The Morgan fingerprint density at radius 1 is 1.14 bits per heavy atom. The highest BCUT2D eigenvalue weighted by Crippen LogP contribution is 2.41. The first-order valence-electron chi connectivity index (χ1n) is 4.88. The second-order valence-electron chi connectivity index (χ2n) is 4.14. The molecule has 0 spiro atoms. The highest BCUT2D eigenvalue weighted by Gasteiger charge is 2.38. The van der Waals surface area contributed by atoms with Crippen molar-refractivity contribution in [1.82, 2.24) is 0 Å². The van der Waals surface area contributed by atoms with Gasteiger partial charge in [0.1, 0.15) is 0 Å². The van der Waals surface area contributed by atoms with Gasteiger partial charge >= 0.3 is 0 Å². The number of halogens is 1. The van der Waals surface area contributed by atoms with Gasteiger partial charge < -0.3 is 4.74 Å². The molecule has 0 bridgehead atoms. The molecule has 0 atom stereocenters. The van der Waals surface area contributed by atoms with E-state index in [4.69, 9.17) is 4.74 Å². The van der Waals surface area contributed by atoms with E-state index in [-0.39, 0.29) is 4.32 Å². The van der Waals surface area contributed by atoms with Gasteiger partial charge in [-0.05, 0) is 43.0 Å². The van der Waals surface area contributed by atoms with Crippen molar-refractivity contribution in [3.63, 3.8) is 0 Å². The maximum absolute atomic E-state index is 5.27. The van der Waals surface area contributed by atoms with Gasteiger partial charge in [0.05, 0.1) is 17.5 Å². The Morgan fingerprint density at radius 2 is 1.79 bits per heavy atom. The molecule has 0 saturated carbocycles. The zero-order valence-electron chi connectivity index (χ0n) is 8.86. The Labute approximate surface area is 93.6 Å². The van der Waals surface area contributed by atoms with E-state index in [2.05, 4.69) is 48.8 Å². The van der Waals surface area contributed by atoms with E-state index in [9.17, 15) is 0 Å². The Balaban J connectivity index is 2.49. The third-order valence-corrected chi connectivity index (χ3v) is 4.09. The summed E-state index contributed by atoms with van der Waals surface area (Å²) in [6.07, 6.45) is 0. The summed E-state index contributed by atoms with van der Waals surface area (Å²) in [5.74, 6) is 0. The zero-order valence-corrected chi connectivity index (χ0v) is 10.4. The molecule has 1 aliphatic rings. The van der Waals surface area contributed by atoms with Crippen LogP contribution in [-0.4, -0.2) is 13.2 Å². The molecule has 2 rings (SSSR count). The normalized spacial score (nSPS) is 19.1. The minimum Gasteiger partial charge on any atom is -0.378 e. The number of ether oxygens (including phenoxy) is 1. The van der Waals surface area contributed by atoms with Crippen LogP contribution in [-0.2, 0) is 9.06 Å². The van der Waals surface area contributed by atoms with Crippen LogP contribution < -0.4 is 0 Å². The van der Waals surface area contributed by atoms with Crippen LogP contribution in [0, 0.1) is 20.8 Å². The monoisotopic (exact) mass is 254 g/mol. The SMILES string of the molecule is Cc1ccc(C2(Br)COC2)c(C)c1C. The number of aryl methyl sites for hydroxylation is 1. The highest BCUT2D eigenvalue weighted by atomic mass is 79.9. The lowest BCUT2D eigenvalue weighted by atomic mass is 9.89. The number of alkyl halides is 1. The molecule has 2 heteroatoms. The van der Waals surface area contributed by atoms with E-state index in [1.807, 2.05) is 0 Å². The molecular formula is C12H15BrO. The number of benzene rings is 1. The summed E-state index contributed by atoms with van der Waals surface area (Å²) in [5.41, 5.74) is 5.54. The van der Waals surface area contributed by atoms with E-state index in [1.165, 1.54) is 22.3 Å². The van der Waals surface area contributed by atoms with Gasteiger partial charge in [0.25, 0.3) is 0 Å². The predicted molar refractivity (Wildman–Crippen MR) is 62.1 cm³/mol. The van der Waals surface area contributed by atoms with E-state index in [0.29, 0.717) is 0 Å². The van der Waals surface area contributed by atoms with Crippen molar-refractivity contribution in [2.45, 2.75) is 25.1 Å². The second kappa shape index (κ2) is 3.35. The average Bonchev–Trinajstić information content (AvgIpc) is 2.11. The molecule has 1 heterocycles. The minimum absolute atomic E-state index is 0.0789. The van der Waals surface area contributed by atoms with Gasteiger partial charge in [-0.15, -0.1) is 0 Å². The largest absolute Gasteiger partial charge is 0.378 e. The first kappa shape index (κ1) is 10.2. The molecule has 0 unspecified atom stereocenters. The molecule has 0 aliphatic carbocycles. The molecule has 76 valence electrons. The third-order valence-electron chi connectivity index (χ3n) is 3.20. The van der Waals surface area contributed by atoms with E-state index >= 15 is 0 Å². The molecule has 1 aliphatic heterocycles. The maximum atomic E-state index is 5.27. The smallest absolute Gasteiger partial charge is 0.0974 e. The van der Waals surface area contributed by atoms with Crippen molar-refractivity contribution in [3.05, 3.63) is 34.4 Å². The zero-order chi connectivity index (χ0) is 10.3. The van der Waals surface area contributed by atoms with Crippen LogP contribution in [0.25, 0.3) is 0 Å². The first-order chi connectivity index (χ1) is 6.54. The quantitative estimate of drug-likeness (QED) is 0.700. The molecule has 14 heavy (non-hydrogen) atoms. The fourth-order valence-corrected chi connectivity index (χ4v) is 2.63. The molecule has 1 nitrogen and oxygen atoms in total. The summed E-state index contributed by atoms with van der Waals surface area (Å²) in [5, 5.41) is 0. The van der Waals surface area contributed by atoms with Crippen molar-refractivity contribution in [1.29, 1.82) is 0 Å². The van der Waals surface area contributed by atoms with Crippen LogP contribution in [0.15, 0.2) is 12.1 Å². The van der Waals surface area contributed by atoms with Crippen molar-refractivity contribution in [2.75, 3.05) is 13.2 Å². The van der Waals surface area contributed by atoms with Crippen molar-refractivity contribution in [3.8, 4) is 0 Å². The molecule has 0 amide bonds. The fraction of sp³-hybridized carbons (Fsp3) is 0.500. The van der Waals surface area contributed by atoms with E-state index < -0.39 is 0 Å². The molecule has 1 fully saturated rings. The lowest BCUT2D eigenvalue weighted by molar-refractivity contribution is -0.00727. The van der Waals surface area contributed by atoms with Gasteiger partial charge in [0.15, 0.2) is 0 Å². The van der Waals surface area contributed by atoms with Crippen LogP contribution in [0.2, 0.25) is 0 Å². The van der Waals surface area contributed by atoms with E-state index in [0.717, 1.165) is 13.2 Å². The molecule has 0 N–H and O–H groups in total. The summed E-state index contributed by atoms with van der Waals surface area (Å²) >= 11 is 3.76. The van der Waals surface area contributed by atoms with Gasteiger partial charge in [-0.1, -0.05) is 28.1 Å². The van der Waals surface area contributed by atoms with Gasteiger partial charge in [-0.2, -0.15) is 0 Å². The van der Waals surface area contributed by atoms with Crippen molar-refractivity contribution >= 4 is 15.9 Å². The molecular weight excluding hydrogens is 240 g/mol. The Morgan fingerprint density at radius 3 is 2.29 bits per heavy atom. The van der Waals surface area contributed by atoms with Crippen LogP contribution >= 0.6 is 15.9 Å². The Bertz CT molecular complexity index is 367. The first-order valence-corrected chi connectivity index (χ1v) is 5.68. The standard InChI is InChI=1S/C12H15BrO/c1-8-4-5-11(10(3)9(8)2)12(13)6-14-7-12/h4-5H,6-7H2,1-3H3. The number of hydrogen-bond acceptors (Lipinski definition) is 1. The summed E-state index contributed by atoms with van der Waals surface area (Å²) in [6.45, 7) is 8.11. The summed E-state index contributed by atoms with van der Waals surface area (Å²) < 4.78 is 5.35. The van der Waals surface area contributed by atoms with Gasteiger partial charge in [0.2, 0.25) is 0 Å². The Kier molecular flexibility index (Phi) is 2.44. The lowest BCUT2D eigenvalue weighted by Gasteiger charge is -2.38. The molecule has 0 radical (unpaired) electrons. The van der Waals surface area contributed by atoms with Crippen LogP contribution in [0.5, 0.6) is 0 Å². The summed E-state index contributed by atoms with van der Waals surface area (Å²) in [4.78, 5) is 0. The lowest BCUT2D eigenvalue weighted by Crippen LogP contribution is -2.41. The van der Waals surface area contributed by atoms with Crippen LogP contribution in [0.3, 0.4) is 0 Å². The summed E-state index contributed by atoms with van der Waals surface area (Å²) in [6, 6.07) is 4.41. The highest BCUT2D eigenvalue weighted by molar-refractivity contribution is 9.09. The maximum Gasteiger partial charge on any atom is 0.0974 e. The van der Waals surface area contributed by atoms with Crippen molar-refractivity contribution in [2.24, 2.45) is 0 Å². The average molecular weight is 255 g/mol. The minimum atomic E-state index is 0.0789. The molecule has 1 aromatic rings. The van der Waals surface area contributed by atoms with Gasteiger partial charge in [0, 0.05) is 0 Å². The van der Waals surface area contributed by atoms with Crippen LogP contribution in [0.1, 0.15) is 22.3 Å². The fourth-order valence-electron chi connectivity index (χ4n) is 1.88. The molecule has 1 aromatic carbocycles. The molecule has 1 saturated heterocycles. The number of hydrogen-bond donors (Lipinski definition) is 0. The van der Waals surface area contributed by atoms with Crippen molar-refractivity contribution < 1.29 is 4.74 Å². The Hall–Kier alpha value is -0.340. The topological polar surface area (TPSA) is 9.23 Å². The van der Waals surface area contributed by atoms with E-state index in [1.54, 1.807) is 0 Å². The van der Waals surface area contributed by atoms with Gasteiger partial charge in [-0.25, -0.2) is 0 Å². The number of rotatable bonds is 1. The molecule has 0 aromatic heterocycles. The second-order valence-corrected chi connectivity index (χ2v) is 5.66. The predicted octanol–water partition coefficient (Wildman–Crippen LogP) is 3.23. The summed E-state index contributed by atoms with van der Waals surface area (Å²) in [7, 11) is 0. The van der Waals surface area contributed by atoms with Crippen LogP contribution in [0.4, 0.5) is 0 Å². The van der Waals surface area contributed by atoms with Gasteiger partial charge in [-0.3, -0.25) is 0 Å².